The van der Waals surface area contributed by atoms with Crippen LogP contribution in [0, 0.1) is 17.2 Å². The molecule has 2 aromatic heterocycles. The van der Waals surface area contributed by atoms with E-state index in [0.717, 1.165) is 43.8 Å². The smallest absolute Gasteiger partial charge is 0.319 e. The number of piperazine rings is 1. The average molecular weight is 594 g/mol. The summed E-state index contributed by atoms with van der Waals surface area (Å²) in [6, 6.07) is 10.6. The van der Waals surface area contributed by atoms with Crippen molar-refractivity contribution in [2.24, 2.45) is 5.92 Å². The highest BCUT2D eigenvalue weighted by molar-refractivity contribution is 5.92. The van der Waals surface area contributed by atoms with E-state index in [1.165, 1.54) is 40.9 Å². The molecule has 3 saturated heterocycles. The maximum atomic E-state index is 13.8. The number of fused-ring (bicyclic) bond motifs is 5. The zero-order valence-corrected chi connectivity index (χ0v) is 24.8. The lowest BCUT2D eigenvalue weighted by Crippen LogP contribution is -2.55. The van der Waals surface area contributed by atoms with Gasteiger partial charge in [0, 0.05) is 31.4 Å². The van der Waals surface area contributed by atoms with Crippen molar-refractivity contribution < 1.29 is 13.9 Å². The molecule has 5 heterocycles. The number of ether oxygens (including phenoxy) is 1. The number of anilines is 1. The Morgan fingerprint density at radius 2 is 2.02 bits per heavy atom. The first-order valence-electron chi connectivity index (χ1n) is 15.9. The average Bonchev–Trinajstić information content (AvgIpc) is 3.32. The normalized spacial score (nSPS) is 25.0. The van der Waals surface area contributed by atoms with Crippen LogP contribution in [0.25, 0.3) is 22.2 Å². The first kappa shape index (κ1) is 27.4. The number of aromatic nitrogens is 3. The minimum Gasteiger partial charge on any atom is -0.461 e. The van der Waals surface area contributed by atoms with Crippen LogP contribution in [0.5, 0.6) is 6.01 Å². The Morgan fingerprint density at radius 1 is 1.18 bits per heavy atom. The van der Waals surface area contributed by atoms with Crippen LogP contribution in [0.2, 0.25) is 0 Å². The summed E-state index contributed by atoms with van der Waals surface area (Å²) in [5.41, 5.74) is 6.55. The van der Waals surface area contributed by atoms with Crippen LogP contribution in [0.1, 0.15) is 55.6 Å². The van der Waals surface area contributed by atoms with Gasteiger partial charge < -0.3 is 14.5 Å². The predicted octanol–water partition coefficient (Wildman–Crippen LogP) is 4.77. The van der Waals surface area contributed by atoms with Crippen molar-refractivity contribution in [1.29, 1.82) is 5.26 Å². The van der Waals surface area contributed by atoms with Crippen molar-refractivity contribution in [3.05, 3.63) is 54.0 Å². The lowest BCUT2D eigenvalue weighted by Gasteiger charge is -2.41. The highest BCUT2D eigenvalue weighted by atomic mass is 19.1. The van der Waals surface area contributed by atoms with E-state index < -0.39 is 17.8 Å². The molecule has 3 aliphatic heterocycles. The first-order chi connectivity index (χ1) is 21.4. The molecular formula is C34H36FN7O2. The van der Waals surface area contributed by atoms with Gasteiger partial charge in [0.1, 0.15) is 12.1 Å². The van der Waals surface area contributed by atoms with Gasteiger partial charge in [-0.25, -0.2) is 4.39 Å². The van der Waals surface area contributed by atoms with Gasteiger partial charge in [0.05, 0.1) is 29.6 Å². The van der Waals surface area contributed by atoms with Crippen LogP contribution in [0.4, 0.5) is 10.2 Å². The number of pyridine rings is 1. The van der Waals surface area contributed by atoms with E-state index in [2.05, 4.69) is 41.8 Å². The summed E-state index contributed by atoms with van der Waals surface area (Å²) in [7, 11) is 0. The molecule has 44 heavy (non-hydrogen) atoms. The molecule has 0 N–H and O–H groups in total. The molecule has 1 aromatic carbocycles. The van der Waals surface area contributed by atoms with Crippen molar-refractivity contribution >= 4 is 22.8 Å². The van der Waals surface area contributed by atoms with Crippen molar-refractivity contribution in [2.45, 2.75) is 62.4 Å². The molecule has 226 valence electrons. The molecule has 4 fully saturated rings. The third-order valence-corrected chi connectivity index (χ3v) is 10.7. The second kappa shape index (κ2) is 10.5. The Labute approximate surface area is 256 Å². The zero-order chi connectivity index (χ0) is 30.0. The lowest BCUT2D eigenvalue weighted by molar-refractivity contribution is -0.131. The van der Waals surface area contributed by atoms with Crippen LogP contribution < -0.4 is 9.64 Å². The van der Waals surface area contributed by atoms with Gasteiger partial charge in [0.2, 0.25) is 0 Å². The van der Waals surface area contributed by atoms with E-state index in [1.54, 1.807) is 0 Å². The fraction of sp³-hybridized carbons (Fsp3) is 0.500. The molecule has 0 radical (unpaired) electrons. The van der Waals surface area contributed by atoms with E-state index in [-0.39, 0.29) is 18.5 Å². The molecule has 3 atom stereocenters. The molecule has 0 bridgehead atoms. The molecule has 10 heteroatoms. The molecule has 9 nitrogen and oxygen atoms in total. The maximum absolute atomic E-state index is 13.8. The highest BCUT2D eigenvalue weighted by Gasteiger charge is 2.47. The van der Waals surface area contributed by atoms with Crippen molar-refractivity contribution in [3.8, 4) is 23.2 Å². The Balaban J connectivity index is 1.17. The monoisotopic (exact) mass is 593 g/mol. The SMILES string of the molecule is C=C(F)C(=O)N1CCN(c2nc(OCC34CCCN3CCC4)nc3cc(-c4cccc5c4[C@@H]4CC4C5)cnc23)C[C@@H]1CC#N. The number of nitrogens with zero attached hydrogens (tertiary/aromatic N) is 7. The fourth-order valence-electron chi connectivity index (χ4n) is 8.42. The lowest BCUT2D eigenvalue weighted by atomic mass is 9.95. The molecule has 0 spiro atoms. The molecule has 1 amide bonds. The molecule has 3 aromatic rings. The van der Waals surface area contributed by atoms with Crippen LogP contribution >= 0.6 is 0 Å². The number of nitriles is 1. The van der Waals surface area contributed by atoms with Gasteiger partial charge >= 0.3 is 6.01 Å². The van der Waals surface area contributed by atoms with E-state index >= 15 is 0 Å². The number of halogens is 1. The number of carbonyl (C=O) groups excluding carboxylic acids is 1. The molecule has 2 aliphatic carbocycles. The van der Waals surface area contributed by atoms with Crippen LogP contribution in [0.3, 0.4) is 0 Å². The summed E-state index contributed by atoms with van der Waals surface area (Å²) in [4.78, 5) is 33.3. The highest BCUT2D eigenvalue weighted by Crippen LogP contribution is 2.58. The minimum absolute atomic E-state index is 0.0443. The first-order valence-corrected chi connectivity index (χ1v) is 15.9. The Hall–Kier alpha value is -4.10. The summed E-state index contributed by atoms with van der Waals surface area (Å²) in [6.45, 7) is 6.91. The van der Waals surface area contributed by atoms with E-state index in [9.17, 15) is 14.4 Å². The van der Waals surface area contributed by atoms with Crippen LogP contribution in [0.15, 0.2) is 42.9 Å². The van der Waals surface area contributed by atoms with E-state index in [0.29, 0.717) is 48.5 Å². The summed E-state index contributed by atoms with van der Waals surface area (Å²) in [6.07, 6.45) is 9.00. The second-order valence-corrected chi connectivity index (χ2v) is 13.2. The quantitative estimate of drug-likeness (QED) is 0.362. The third kappa shape index (κ3) is 4.52. The molecule has 8 rings (SSSR count). The maximum Gasteiger partial charge on any atom is 0.319 e. The summed E-state index contributed by atoms with van der Waals surface area (Å²) in [5, 5.41) is 9.52. The van der Waals surface area contributed by atoms with Gasteiger partial charge in [-0.05, 0) is 86.2 Å². The Morgan fingerprint density at radius 3 is 2.82 bits per heavy atom. The number of amides is 1. The van der Waals surface area contributed by atoms with Gasteiger partial charge in [-0.2, -0.15) is 15.2 Å². The number of benzene rings is 1. The van der Waals surface area contributed by atoms with E-state index in [4.69, 9.17) is 19.7 Å². The van der Waals surface area contributed by atoms with Gasteiger partial charge in [-0.1, -0.05) is 24.8 Å². The van der Waals surface area contributed by atoms with Crippen molar-refractivity contribution in [3.63, 3.8) is 0 Å². The summed E-state index contributed by atoms with van der Waals surface area (Å²) >= 11 is 0. The second-order valence-electron chi connectivity index (χ2n) is 13.2. The third-order valence-electron chi connectivity index (χ3n) is 10.7. The standard InChI is InChI=1S/C34H36FN7O2/c1-21(35)32(43)42-14-13-40(19-25(42)7-10-36)31-30-28(38-33(39-31)44-20-34-8-3-11-41(34)12-4-9-34)17-24(18-37-30)26-6-2-5-22-15-23-16-27(23)29(22)26/h2,5-6,17-18,23,25,27H,1,3-4,7-9,11-16,19-20H2/t23?,25-,27+/m0/s1. The van der Waals surface area contributed by atoms with Crippen molar-refractivity contribution in [2.75, 3.05) is 44.2 Å². The number of carbonyl (C=O) groups is 1. The van der Waals surface area contributed by atoms with Gasteiger partial charge in [0.15, 0.2) is 11.6 Å². The minimum atomic E-state index is -1.02. The fourth-order valence-corrected chi connectivity index (χ4v) is 8.42. The number of rotatable bonds is 7. The van der Waals surface area contributed by atoms with Crippen molar-refractivity contribution in [1.82, 2.24) is 24.8 Å². The summed E-state index contributed by atoms with van der Waals surface area (Å²) in [5.74, 6) is 0.247. The number of hydrogen-bond donors (Lipinski definition) is 0. The van der Waals surface area contributed by atoms with Gasteiger partial charge in [0.25, 0.3) is 5.91 Å². The summed E-state index contributed by atoms with van der Waals surface area (Å²) < 4.78 is 20.3. The Bertz CT molecular complexity index is 1710. The Kier molecular flexibility index (Phi) is 6.56. The van der Waals surface area contributed by atoms with Crippen LogP contribution in [-0.4, -0.2) is 81.6 Å². The van der Waals surface area contributed by atoms with Gasteiger partial charge in [-0.15, -0.1) is 0 Å². The molecule has 1 saturated carbocycles. The number of hydrogen-bond acceptors (Lipinski definition) is 8. The molecule has 1 unspecified atom stereocenters. The topological polar surface area (TPSA) is 98.5 Å². The predicted molar refractivity (Wildman–Crippen MR) is 164 cm³/mol. The molecular weight excluding hydrogens is 557 g/mol. The molecule has 5 aliphatic rings. The van der Waals surface area contributed by atoms with Crippen LogP contribution in [-0.2, 0) is 11.2 Å². The van der Waals surface area contributed by atoms with E-state index in [1.807, 2.05) is 11.1 Å². The zero-order valence-electron chi connectivity index (χ0n) is 24.8. The largest absolute Gasteiger partial charge is 0.461 e. The van der Waals surface area contributed by atoms with Gasteiger partial charge in [-0.3, -0.25) is 14.7 Å².